The molecule has 6 heteroatoms. The molecule has 1 aromatic carbocycles. The molecule has 4 nitrogen and oxygen atoms in total. The molecule has 1 aromatic heterocycles. The molecular weight excluding hydrogens is 277 g/mol. The minimum Gasteiger partial charge on any atom is -0.396 e. The first-order valence-electron chi connectivity index (χ1n) is 6.44. The zero-order chi connectivity index (χ0) is 14.1. The lowest BCUT2D eigenvalue weighted by atomic mass is 10.1. The number of nitrogens with two attached hydrogens (primary N) is 1. The van der Waals surface area contributed by atoms with Crippen LogP contribution in [0.1, 0.15) is 22.5 Å². The number of hydrogen-bond acceptors (Lipinski definition) is 4. The first-order chi connectivity index (χ1) is 9.65. The highest BCUT2D eigenvalue weighted by atomic mass is 32.1. The third-order valence-corrected chi connectivity index (χ3v) is 4.16. The van der Waals surface area contributed by atoms with Crippen molar-refractivity contribution in [1.82, 2.24) is 9.69 Å². The highest BCUT2D eigenvalue weighted by Crippen LogP contribution is 2.31. The van der Waals surface area contributed by atoms with E-state index in [-0.39, 0.29) is 11.7 Å². The maximum Gasteiger partial charge on any atom is 0.265 e. The number of rotatable bonds is 4. The van der Waals surface area contributed by atoms with Gasteiger partial charge in [-0.25, -0.2) is 4.39 Å². The number of nitrogens with one attached hydrogen (secondary N) is 1. The van der Waals surface area contributed by atoms with Gasteiger partial charge >= 0.3 is 0 Å². The molecule has 1 fully saturated rings. The van der Waals surface area contributed by atoms with Gasteiger partial charge in [0.1, 0.15) is 16.4 Å². The number of nitrogen functional groups attached to an aromatic ring is 1. The third-order valence-electron chi connectivity index (χ3n) is 3.30. The number of aromatic nitrogens is 1. The number of halogens is 1. The standard InChI is InChI=1S/C14H14FN3OS/c15-10-5-3-9(4-6-10)12-11(16)13(20-18-12)14(19)17-7-8-1-2-8/h3-6,8H,1-2,7,16H2,(H,17,19). The smallest absolute Gasteiger partial charge is 0.265 e. The van der Waals surface area contributed by atoms with Gasteiger partial charge in [0.25, 0.3) is 5.91 Å². The fourth-order valence-electron chi connectivity index (χ4n) is 1.92. The number of benzene rings is 1. The largest absolute Gasteiger partial charge is 0.396 e. The Kier molecular flexibility index (Phi) is 3.40. The Balaban J connectivity index is 1.80. The molecule has 1 heterocycles. The average Bonchev–Trinajstić information content (AvgIpc) is 3.19. The van der Waals surface area contributed by atoms with Crippen LogP contribution in [-0.2, 0) is 0 Å². The summed E-state index contributed by atoms with van der Waals surface area (Å²) in [6.45, 7) is 0.696. The van der Waals surface area contributed by atoms with Crippen LogP contribution in [0.15, 0.2) is 24.3 Å². The van der Waals surface area contributed by atoms with Crippen molar-refractivity contribution in [1.29, 1.82) is 0 Å². The second-order valence-electron chi connectivity index (χ2n) is 4.93. The van der Waals surface area contributed by atoms with Crippen molar-refractivity contribution in [2.75, 3.05) is 12.3 Å². The fourth-order valence-corrected chi connectivity index (χ4v) is 2.65. The lowest BCUT2D eigenvalue weighted by Gasteiger charge is -2.03. The van der Waals surface area contributed by atoms with Gasteiger partial charge in [-0.15, -0.1) is 0 Å². The quantitative estimate of drug-likeness (QED) is 0.910. The molecule has 0 radical (unpaired) electrons. The number of amides is 1. The minimum atomic E-state index is -0.315. The molecule has 0 unspecified atom stereocenters. The monoisotopic (exact) mass is 291 g/mol. The molecule has 1 aliphatic carbocycles. The predicted octanol–water partition coefficient (Wildman–Crippen LogP) is 2.67. The molecule has 3 N–H and O–H groups in total. The lowest BCUT2D eigenvalue weighted by Crippen LogP contribution is -2.25. The van der Waals surface area contributed by atoms with E-state index in [1.54, 1.807) is 12.1 Å². The van der Waals surface area contributed by atoms with E-state index in [4.69, 9.17) is 5.73 Å². The molecule has 1 saturated carbocycles. The van der Waals surface area contributed by atoms with Crippen LogP contribution in [0.2, 0.25) is 0 Å². The number of anilines is 1. The minimum absolute atomic E-state index is 0.180. The van der Waals surface area contributed by atoms with Gasteiger partial charge in [0, 0.05) is 12.1 Å². The van der Waals surface area contributed by atoms with Crippen molar-refractivity contribution in [2.24, 2.45) is 5.92 Å². The normalized spacial score (nSPS) is 14.2. The van der Waals surface area contributed by atoms with Crippen LogP contribution in [-0.4, -0.2) is 16.8 Å². The van der Waals surface area contributed by atoms with Gasteiger partial charge in [-0.1, -0.05) is 0 Å². The van der Waals surface area contributed by atoms with E-state index < -0.39 is 0 Å². The zero-order valence-electron chi connectivity index (χ0n) is 10.7. The molecule has 1 amide bonds. The first-order valence-corrected chi connectivity index (χ1v) is 7.22. The molecule has 0 bridgehead atoms. The van der Waals surface area contributed by atoms with Gasteiger partial charge in [-0.3, -0.25) is 4.79 Å². The van der Waals surface area contributed by atoms with Gasteiger partial charge in [-0.2, -0.15) is 4.37 Å². The van der Waals surface area contributed by atoms with E-state index in [1.807, 2.05) is 0 Å². The Morgan fingerprint density at radius 2 is 2.10 bits per heavy atom. The Bertz CT molecular complexity index is 634. The van der Waals surface area contributed by atoms with Crippen LogP contribution in [0.3, 0.4) is 0 Å². The van der Waals surface area contributed by atoms with Gasteiger partial charge in [0.15, 0.2) is 0 Å². The van der Waals surface area contributed by atoms with Crippen LogP contribution in [0.5, 0.6) is 0 Å². The zero-order valence-corrected chi connectivity index (χ0v) is 11.5. The molecular formula is C14H14FN3OS. The first kappa shape index (κ1) is 13.1. The number of hydrogen-bond donors (Lipinski definition) is 2. The van der Waals surface area contributed by atoms with E-state index in [2.05, 4.69) is 9.69 Å². The molecule has 20 heavy (non-hydrogen) atoms. The Morgan fingerprint density at radius 3 is 2.75 bits per heavy atom. The predicted molar refractivity (Wildman–Crippen MR) is 77.0 cm³/mol. The van der Waals surface area contributed by atoms with Crippen molar-refractivity contribution < 1.29 is 9.18 Å². The maximum atomic E-state index is 12.9. The number of carbonyl (C=O) groups excluding carboxylic acids is 1. The summed E-state index contributed by atoms with van der Waals surface area (Å²) in [4.78, 5) is 12.4. The van der Waals surface area contributed by atoms with Crippen LogP contribution in [0.25, 0.3) is 11.3 Å². The van der Waals surface area contributed by atoms with Crippen molar-refractivity contribution in [2.45, 2.75) is 12.8 Å². The van der Waals surface area contributed by atoms with Crippen molar-refractivity contribution >= 4 is 23.1 Å². The molecule has 1 aliphatic rings. The summed E-state index contributed by atoms with van der Waals surface area (Å²) < 4.78 is 17.1. The third kappa shape index (κ3) is 2.65. The number of carbonyl (C=O) groups is 1. The summed E-state index contributed by atoms with van der Waals surface area (Å²) in [5, 5.41) is 2.87. The van der Waals surface area contributed by atoms with E-state index in [0.29, 0.717) is 34.3 Å². The summed E-state index contributed by atoms with van der Waals surface area (Å²) in [5.74, 6) is 0.120. The van der Waals surface area contributed by atoms with Crippen molar-refractivity contribution in [3.63, 3.8) is 0 Å². The maximum absolute atomic E-state index is 12.9. The summed E-state index contributed by atoms with van der Waals surface area (Å²) in [6, 6.07) is 5.90. The van der Waals surface area contributed by atoms with E-state index in [9.17, 15) is 9.18 Å². The van der Waals surface area contributed by atoms with Crippen LogP contribution < -0.4 is 11.1 Å². The molecule has 0 aliphatic heterocycles. The van der Waals surface area contributed by atoms with Gasteiger partial charge in [0.05, 0.1) is 5.69 Å². The van der Waals surface area contributed by atoms with E-state index >= 15 is 0 Å². The lowest BCUT2D eigenvalue weighted by molar-refractivity contribution is 0.0956. The summed E-state index contributed by atoms with van der Waals surface area (Å²) in [6.07, 6.45) is 2.36. The van der Waals surface area contributed by atoms with Gasteiger partial charge in [0.2, 0.25) is 0 Å². The van der Waals surface area contributed by atoms with Crippen LogP contribution in [0.4, 0.5) is 10.1 Å². The second-order valence-corrected chi connectivity index (χ2v) is 5.71. The molecule has 3 rings (SSSR count). The molecule has 2 aromatic rings. The molecule has 0 spiro atoms. The number of nitrogens with zero attached hydrogens (tertiary/aromatic N) is 1. The average molecular weight is 291 g/mol. The summed E-state index contributed by atoms with van der Waals surface area (Å²) in [7, 11) is 0. The Labute approximate surface area is 120 Å². The van der Waals surface area contributed by atoms with E-state index in [1.165, 1.54) is 25.0 Å². The van der Waals surface area contributed by atoms with Crippen LogP contribution >= 0.6 is 11.5 Å². The Morgan fingerprint density at radius 1 is 1.40 bits per heavy atom. The molecule has 104 valence electrons. The molecule has 0 saturated heterocycles. The van der Waals surface area contributed by atoms with Crippen LogP contribution in [0, 0.1) is 11.7 Å². The van der Waals surface area contributed by atoms with Gasteiger partial charge in [-0.05, 0) is 54.6 Å². The Hall–Kier alpha value is -1.95. The molecule has 0 atom stereocenters. The summed E-state index contributed by atoms with van der Waals surface area (Å²) in [5.41, 5.74) is 7.59. The summed E-state index contributed by atoms with van der Waals surface area (Å²) >= 11 is 1.07. The SMILES string of the molecule is Nc1c(-c2ccc(F)cc2)nsc1C(=O)NCC1CC1. The highest BCUT2D eigenvalue weighted by Gasteiger charge is 2.24. The fraction of sp³-hybridized carbons (Fsp3) is 0.286. The van der Waals surface area contributed by atoms with Gasteiger partial charge < -0.3 is 11.1 Å². The highest BCUT2D eigenvalue weighted by molar-refractivity contribution is 7.09. The van der Waals surface area contributed by atoms with Crippen molar-refractivity contribution in [3.05, 3.63) is 35.0 Å². The topological polar surface area (TPSA) is 68.0 Å². The van der Waals surface area contributed by atoms with E-state index in [0.717, 1.165) is 11.5 Å². The van der Waals surface area contributed by atoms with Crippen molar-refractivity contribution in [3.8, 4) is 11.3 Å². The second kappa shape index (κ2) is 5.20.